The van der Waals surface area contributed by atoms with Crippen molar-refractivity contribution in [2.75, 3.05) is 12.3 Å². The summed E-state index contributed by atoms with van der Waals surface area (Å²) in [5.74, 6) is 0.745. The van der Waals surface area contributed by atoms with Crippen molar-refractivity contribution in [3.8, 4) is 0 Å². The molecular weight excluding hydrogens is 146 g/mol. The summed E-state index contributed by atoms with van der Waals surface area (Å²) in [6.45, 7) is 0.588. The molecule has 0 bridgehead atoms. The summed E-state index contributed by atoms with van der Waals surface area (Å²) in [5, 5.41) is 6.83. The Morgan fingerprint density at radius 2 is 2.12 bits per heavy atom. The number of hydrogen-bond acceptors (Lipinski definition) is 3. The molecule has 5 heteroatoms. The van der Waals surface area contributed by atoms with Crippen molar-refractivity contribution in [2.24, 2.45) is 11.5 Å². The monoisotopic (exact) mass is 155 g/mol. The Bertz CT molecular complexity index is 67.5. The van der Waals surface area contributed by atoms with Crippen LogP contribution in [0.2, 0.25) is 0 Å². The van der Waals surface area contributed by atoms with Gasteiger partial charge in [-0.25, -0.2) is 0 Å². The number of nitrogens with one attached hydrogen (secondary N) is 1. The molecule has 0 spiro atoms. The zero-order chi connectivity index (χ0) is 5.70. The Labute approximate surface area is 59.1 Å². The van der Waals surface area contributed by atoms with Crippen LogP contribution < -0.4 is 11.5 Å². The molecule has 0 aliphatic heterocycles. The van der Waals surface area contributed by atoms with E-state index in [0.717, 1.165) is 5.75 Å². The standard InChI is InChI=1S/C3H9N3S.ClH/c4-1-2-7-3(5)6;/h1-2,4H2,(H3,5,6);1H. The van der Waals surface area contributed by atoms with E-state index in [9.17, 15) is 0 Å². The Kier molecular flexibility index (Phi) is 9.68. The van der Waals surface area contributed by atoms with E-state index in [0.29, 0.717) is 6.54 Å². The first-order chi connectivity index (χ1) is 3.27. The number of hydrogen-bond donors (Lipinski definition) is 3. The first-order valence-corrected chi connectivity index (χ1v) is 2.93. The molecule has 0 aromatic rings. The molecule has 0 atom stereocenters. The van der Waals surface area contributed by atoms with Crippen LogP contribution >= 0.6 is 24.2 Å². The van der Waals surface area contributed by atoms with E-state index in [2.05, 4.69) is 0 Å². The highest BCUT2D eigenvalue weighted by Crippen LogP contribution is 1.92. The molecule has 0 aromatic carbocycles. The largest absolute Gasteiger partial charge is 0.379 e. The molecule has 0 rings (SSSR count). The maximum absolute atomic E-state index is 6.68. The van der Waals surface area contributed by atoms with E-state index in [-0.39, 0.29) is 17.6 Å². The van der Waals surface area contributed by atoms with E-state index in [1.165, 1.54) is 11.8 Å². The van der Waals surface area contributed by atoms with Crippen LogP contribution in [0.4, 0.5) is 0 Å². The minimum absolute atomic E-state index is 0. The van der Waals surface area contributed by atoms with Gasteiger partial charge in [-0.05, 0) is 0 Å². The van der Waals surface area contributed by atoms with Gasteiger partial charge in [0, 0.05) is 12.3 Å². The minimum Gasteiger partial charge on any atom is -0.379 e. The fraction of sp³-hybridized carbons (Fsp3) is 0.667. The Balaban J connectivity index is 0. The molecule has 0 heterocycles. The van der Waals surface area contributed by atoms with Crippen molar-refractivity contribution >= 4 is 29.3 Å². The second-order valence-corrected chi connectivity index (χ2v) is 2.14. The molecule has 0 fully saturated rings. The first-order valence-electron chi connectivity index (χ1n) is 1.94. The summed E-state index contributed by atoms with van der Waals surface area (Å²) in [4.78, 5) is 0. The fourth-order valence-electron chi connectivity index (χ4n) is 0.169. The number of nitrogens with two attached hydrogens (primary N) is 2. The molecule has 0 unspecified atom stereocenters. The van der Waals surface area contributed by atoms with Crippen molar-refractivity contribution in [1.29, 1.82) is 5.41 Å². The van der Waals surface area contributed by atoms with Crippen molar-refractivity contribution < 1.29 is 0 Å². The second kappa shape index (κ2) is 7.07. The highest BCUT2D eigenvalue weighted by molar-refractivity contribution is 8.13. The van der Waals surface area contributed by atoms with Gasteiger partial charge in [-0.15, -0.1) is 12.4 Å². The van der Waals surface area contributed by atoms with Crippen LogP contribution in [0.15, 0.2) is 0 Å². The highest BCUT2D eigenvalue weighted by atomic mass is 35.5. The van der Waals surface area contributed by atoms with Gasteiger partial charge in [-0.2, -0.15) is 0 Å². The van der Waals surface area contributed by atoms with Gasteiger partial charge in [0.15, 0.2) is 5.17 Å². The normalized spacial score (nSPS) is 7.62. The van der Waals surface area contributed by atoms with Crippen molar-refractivity contribution in [2.45, 2.75) is 0 Å². The van der Waals surface area contributed by atoms with E-state index in [1.54, 1.807) is 0 Å². The zero-order valence-electron chi connectivity index (χ0n) is 4.39. The fourth-order valence-corrected chi connectivity index (χ4v) is 0.507. The molecule has 5 N–H and O–H groups in total. The molecule has 0 saturated heterocycles. The van der Waals surface area contributed by atoms with E-state index >= 15 is 0 Å². The van der Waals surface area contributed by atoms with Gasteiger partial charge in [-0.3, -0.25) is 5.41 Å². The summed E-state index contributed by atoms with van der Waals surface area (Å²) in [6, 6.07) is 0. The first kappa shape index (κ1) is 10.9. The molecule has 0 saturated carbocycles. The predicted octanol–water partition coefficient (Wildman–Crippen LogP) is -0.00643. The summed E-state index contributed by atoms with van der Waals surface area (Å²) < 4.78 is 0. The van der Waals surface area contributed by atoms with Gasteiger partial charge in [0.05, 0.1) is 0 Å². The molecule has 0 aromatic heterocycles. The third-order valence-corrected chi connectivity index (χ3v) is 1.13. The van der Waals surface area contributed by atoms with Gasteiger partial charge in [0.1, 0.15) is 0 Å². The third kappa shape index (κ3) is 9.42. The number of halogens is 1. The maximum atomic E-state index is 6.68. The lowest BCUT2D eigenvalue weighted by molar-refractivity contribution is 1.15. The molecule has 0 radical (unpaired) electrons. The quantitative estimate of drug-likeness (QED) is 0.388. The van der Waals surface area contributed by atoms with Crippen LogP contribution in [0.5, 0.6) is 0 Å². The van der Waals surface area contributed by atoms with Crippen LogP contribution in [-0.2, 0) is 0 Å². The Morgan fingerprint density at radius 1 is 1.62 bits per heavy atom. The van der Waals surface area contributed by atoms with Crippen LogP contribution in [0, 0.1) is 5.41 Å². The summed E-state index contributed by atoms with van der Waals surface area (Å²) in [5.41, 5.74) is 10.1. The maximum Gasteiger partial charge on any atom is 0.151 e. The second-order valence-electron chi connectivity index (χ2n) is 1.00. The van der Waals surface area contributed by atoms with Crippen molar-refractivity contribution in [3.63, 3.8) is 0 Å². The van der Waals surface area contributed by atoms with Gasteiger partial charge < -0.3 is 11.5 Å². The molecule has 0 aliphatic carbocycles. The van der Waals surface area contributed by atoms with Gasteiger partial charge in [0.25, 0.3) is 0 Å². The van der Waals surface area contributed by atoms with Crippen LogP contribution in [0.3, 0.4) is 0 Å². The van der Waals surface area contributed by atoms with Gasteiger partial charge in [-0.1, -0.05) is 11.8 Å². The average Bonchev–Trinajstić information content (AvgIpc) is 1.61. The van der Waals surface area contributed by atoms with E-state index < -0.39 is 0 Å². The Morgan fingerprint density at radius 3 is 2.25 bits per heavy atom. The van der Waals surface area contributed by atoms with Crippen LogP contribution in [-0.4, -0.2) is 17.5 Å². The summed E-state index contributed by atoms with van der Waals surface area (Å²) in [6.07, 6.45) is 0. The molecule has 50 valence electrons. The number of rotatable bonds is 2. The third-order valence-electron chi connectivity index (χ3n) is 0.375. The van der Waals surface area contributed by atoms with Crippen molar-refractivity contribution in [3.05, 3.63) is 0 Å². The SMILES string of the molecule is Cl.N=C(N)SCCN. The van der Waals surface area contributed by atoms with Crippen molar-refractivity contribution in [1.82, 2.24) is 0 Å². The smallest absolute Gasteiger partial charge is 0.151 e. The lowest BCUT2D eigenvalue weighted by Crippen LogP contribution is -2.09. The lowest BCUT2D eigenvalue weighted by atomic mass is 10.8. The topological polar surface area (TPSA) is 75.9 Å². The molecule has 3 nitrogen and oxygen atoms in total. The summed E-state index contributed by atoms with van der Waals surface area (Å²) >= 11 is 1.27. The summed E-state index contributed by atoms with van der Waals surface area (Å²) in [7, 11) is 0. The zero-order valence-corrected chi connectivity index (χ0v) is 6.02. The van der Waals surface area contributed by atoms with Crippen LogP contribution in [0.25, 0.3) is 0 Å². The highest BCUT2D eigenvalue weighted by Gasteiger charge is 1.84. The van der Waals surface area contributed by atoms with Gasteiger partial charge in [0.2, 0.25) is 0 Å². The molecule has 0 amide bonds. The molecule has 0 aliphatic rings. The lowest BCUT2D eigenvalue weighted by Gasteiger charge is -1.90. The number of thioether (sulfide) groups is 1. The molecule has 8 heavy (non-hydrogen) atoms. The van der Waals surface area contributed by atoms with Crippen LogP contribution in [0.1, 0.15) is 0 Å². The average molecular weight is 156 g/mol. The molecular formula is C3H10ClN3S. The predicted molar refractivity (Wildman–Crippen MR) is 40.7 cm³/mol. The Hall–Kier alpha value is 0.0700. The van der Waals surface area contributed by atoms with E-state index in [4.69, 9.17) is 16.9 Å². The van der Waals surface area contributed by atoms with E-state index in [1.807, 2.05) is 0 Å². The number of amidine groups is 1. The van der Waals surface area contributed by atoms with Gasteiger partial charge >= 0.3 is 0 Å². The minimum atomic E-state index is 0.